The number of benzene rings is 2. The molecule has 2 aromatic carbocycles. The Kier molecular flexibility index (Phi) is 5.10. The molecule has 0 aliphatic carbocycles. The first-order chi connectivity index (χ1) is 16.2. The minimum atomic E-state index is -1.82. The zero-order valence-corrected chi connectivity index (χ0v) is 17.1. The van der Waals surface area contributed by atoms with E-state index < -0.39 is 66.5 Å². The summed E-state index contributed by atoms with van der Waals surface area (Å²) >= 11 is 0. The van der Waals surface area contributed by atoms with E-state index in [-0.39, 0.29) is 33.4 Å². The maximum atomic E-state index is 13.4. The number of aliphatic hydroxyl groups is 3. The number of rotatable bonds is 1. The van der Waals surface area contributed by atoms with Crippen LogP contribution in [0.25, 0.3) is 22.3 Å². The second-order valence-corrected chi connectivity index (χ2v) is 7.86. The van der Waals surface area contributed by atoms with Crippen LogP contribution in [0.3, 0.4) is 0 Å². The summed E-state index contributed by atoms with van der Waals surface area (Å²) in [5.41, 5.74) is -0.678. The summed E-state index contributed by atoms with van der Waals surface area (Å²) in [6.07, 6.45) is -8.30. The number of ether oxygens (including phenoxy) is 3. The molecule has 0 spiro atoms. The highest BCUT2D eigenvalue weighted by atomic mass is 16.7. The zero-order chi connectivity index (χ0) is 24.3. The van der Waals surface area contributed by atoms with Crippen molar-refractivity contribution in [3.63, 3.8) is 0 Å². The van der Waals surface area contributed by atoms with Gasteiger partial charge >= 0.3 is 11.9 Å². The number of aromatic hydroxyl groups is 3. The molecule has 5 rings (SSSR count). The smallest absolute Gasteiger partial charge is 0.343 e. The van der Waals surface area contributed by atoms with Crippen LogP contribution >= 0.6 is 0 Å². The van der Waals surface area contributed by atoms with Crippen molar-refractivity contribution in [3.8, 4) is 28.6 Å². The molecule has 0 bridgehead atoms. The van der Waals surface area contributed by atoms with Gasteiger partial charge in [0.05, 0.1) is 10.9 Å². The molecule has 0 amide bonds. The number of hydrogen-bond donors (Lipinski definition) is 6. The van der Waals surface area contributed by atoms with E-state index in [1.54, 1.807) is 0 Å². The third-order valence-electron chi connectivity index (χ3n) is 5.76. The first-order valence-corrected chi connectivity index (χ1v) is 10.1. The second-order valence-electron chi connectivity index (χ2n) is 7.86. The Bertz CT molecular complexity index is 1310. The lowest BCUT2D eigenvalue weighted by Crippen LogP contribution is -2.60. The van der Waals surface area contributed by atoms with Gasteiger partial charge in [-0.25, -0.2) is 9.59 Å². The summed E-state index contributed by atoms with van der Waals surface area (Å²) in [4.78, 5) is 26.3. The first kappa shape index (κ1) is 22.0. The Morgan fingerprint density at radius 1 is 0.853 bits per heavy atom. The van der Waals surface area contributed by atoms with E-state index in [1.165, 1.54) is 12.1 Å². The topological polar surface area (TPSA) is 196 Å². The third kappa shape index (κ3) is 3.31. The van der Waals surface area contributed by atoms with Gasteiger partial charge in [-0.15, -0.1) is 0 Å². The van der Waals surface area contributed by atoms with Crippen LogP contribution in [-0.4, -0.2) is 79.9 Å². The average Bonchev–Trinajstić information content (AvgIpc) is 3.21. The highest BCUT2D eigenvalue weighted by molar-refractivity contribution is 6.17. The number of carbonyl (C=O) groups is 2. The molecule has 12 heteroatoms. The van der Waals surface area contributed by atoms with Crippen molar-refractivity contribution in [3.05, 3.63) is 41.5 Å². The molecule has 1 saturated heterocycles. The summed E-state index contributed by atoms with van der Waals surface area (Å²) in [7, 11) is 0. The second kappa shape index (κ2) is 7.88. The van der Waals surface area contributed by atoms with Crippen molar-refractivity contribution in [2.75, 3.05) is 6.61 Å². The molecule has 2 aliphatic rings. The van der Waals surface area contributed by atoms with Crippen molar-refractivity contribution in [2.24, 2.45) is 0 Å². The van der Waals surface area contributed by atoms with Gasteiger partial charge in [0.2, 0.25) is 0 Å². The molecule has 178 valence electrons. The number of cyclic esters (lactones) is 1. The Hall–Kier alpha value is -3.84. The number of carbonyl (C=O) groups excluding carboxylic acids is 2. The highest BCUT2D eigenvalue weighted by Crippen LogP contribution is 2.42. The molecule has 12 nitrogen and oxygen atoms in total. The minimum Gasteiger partial charge on any atom is -0.504 e. The number of hydrogen-bond acceptors (Lipinski definition) is 12. The largest absolute Gasteiger partial charge is 0.504 e. The molecule has 0 unspecified atom stereocenters. The molecule has 5 atom stereocenters. The Labute approximate surface area is 189 Å². The monoisotopic (exact) mass is 474 g/mol. The van der Waals surface area contributed by atoms with E-state index in [0.717, 1.165) is 18.2 Å². The Morgan fingerprint density at radius 3 is 2.32 bits per heavy atom. The molecule has 0 saturated carbocycles. The molecule has 6 N–H and O–H groups in total. The molecule has 1 aromatic heterocycles. The van der Waals surface area contributed by atoms with Gasteiger partial charge in [-0.05, 0) is 30.3 Å². The zero-order valence-electron chi connectivity index (χ0n) is 17.1. The maximum absolute atomic E-state index is 13.4. The minimum absolute atomic E-state index is 0.0849. The highest BCUT2D eigenvalue weighted by Gasteiger charge is 2.48. The number of phenols is 3. The molecule has 34 heavy (non-hydrogen) atoms. The van der Waals surface area contributed by atoms with E-state index in [2.05, 4.69) is 0 Å². The fraction of sp³-hybridized carbons (Fsp3) is 0.273. The van der Waals surface area contributed by atoms with Crippen LogP contribution in [0.1, 0.15) is 20.7 Å². The summed E-state index contributed by atoms with van der Waals surface area (Å²) in [6.45, 7) is -0.536. The molecule has 3 aromatic rings. The fourth-order valence-electron chi connectivity index (χ4n) is 4.04. The van der Waals surface area contributed by atoms with Crippen LogP contribution in [0.15, 0.2) is 34.7 Å². The Morgan fingerprint density at radius 2 is 1.59 bits per heavy atom. The lowest BCUT2D eigenvalue weighted by Gasteiger charge is -2.40. The molecular formula is C22H18O12. The lowest BCUT2D eigenvalue weighted by atomic mass is 9.97. The normalized spacial score (nSPS) is 27.1. The van der Waals surface area contributed by atoms with E-state index in [1.807, 2.05) is 0 Å². The van der Waals surface area contributed by atoms with Gasteiger partial charge in [0.1, 0.15) is 36.2 Å². The van der Waals surface area contributed by atoms with Gasteiger partial charge in [-0.1, -0.05) is 0 Å². The van der Waals surface area contributed by atoms with Crippen molar-refractivity contribution >= 4 is 22.9 Å². The van der Waals surface area contributed by atoms with Crippen LogP contribution in [0.5, 0.6) is 17.2 Å². The molecular weight excluding hydrogens is 456 g/mol. The van der Waals surface area contributed by atoms with E-state index in [4.69, 9.17) is 18.6 Å². The molecule has 0 radical (unpaired) electrons. The third-order valence-corrected chi connectivity index (χ3v) is 5.76. The number of esters is 2. The summed E-state index contributed by atoms with van der Waals surface area (Å²) in [5, 5.41) is 60.0. The average molecular weight is 474 g/mol. The number of furan rings is 1. The number of fused-ring (bicyclic) bond motifs is 1. The van der Waals surface area contributed by atoms with Crippen molar-refractivity contribution in [1.82, 2.24) is 0 Å². The van der Waals surface area contributed by atoms with Gasteiger partial charge in [0.15, 0.2) is 35.2 Å². The molecule has 2 aliphatic heterocycles. The van der Waals surface area contributed by atoms with Crippen LogP contribution in [0.2, 0.25) is 0 Å². The summed E-state index contributed by atoms with van der Waals surface area (Å²) in [5.74, 6) is -3.67. The van der Waals surface area contributed by atoms with E-state index in [9.17, 15) is 40.2 Å². The van der Waals surface area contributed by atoms with Gasteiger partial charge < -0.3 is 49.3 Å². The summed E-state index contributed by atoms with van der Waals surface area (Å²) < 4.78 is 21.5. The van der Waals surface area contributed by atoms with E-state index in [0.29, 0.717) is 0 Å². The molecule has 1 fully saturated rings. The first-order valence-electron chi connectivity index (χ1n) is 10.1. The predicted molar refractivity (Wildman–Crippen MR) is 109 cm³/mol. The van der Waals surface area contributed by atoms with Crippen molar-refractivity contribution < 1.29 is 58.9 Å². The molecule has 3 heterocycles. The van der Waals surface area contributed by atoms with Crippen molar-refractivity contribution in [2.45, 2.75) is 30.7 Å². The standard InChI is InChI=1S/C22H18O12/c23-9-3-1-7(5-11(9)25)17-14-13-8(2-4-10(24)18(13)33-17)20(28)31-6-12-19(34-21(14)29)15(26)16(27)22(30)32-12/h1-5,12,15-16,19,22-27,30H,6H2/t12-,15-,16-,19-,22-/m0/s1. The Balaban J connectivity index is 1.74. The van der Waals surface area contributed by atoms with Crippen LogP contribution in [0.4, 0.5) is 0 Å². The predicted octanol–water partition coefficient (Wildman–Crippen LogP) is 0.351. The van der Waals surface area contributed by atoms with Crippen LogP contribution in [-0.2, 0) is 14.2 Å². The van der Waals surface area contributed by atoms with Crippen molar-refractivity contribution in [1.29, 1.82) is 0 Å². The van der Waals surface area contributed by atoms with Gasteiger partial charge in [-0.2, -0.15) is 0 Å². The van der Waals surface area contributed by atoms with Crippen LogP contribution < -0.4 is 0 Å². The van der Waals surface area contributed by atoms with Crippen LogP contribution in [0, 0.1) is 0 Å². The van der Waals surface area contributed by atoms with Gasteiger partial charge in [0, 0.05) is 5.56 Å². The number of aliphatic hydroxyl groups excluding tert-OH is 3. The quantitative estimate of drug-likeness (QED) is 0.209. The maximum Gasteiger partial charge on any atom is 0.343 e. The van der Waals surface area contributed by atoms with Gasteiger partial charge in [0.25, 0.3) is 0 Å². The lowest BCUT2D eigenvalue weighted by molar-refractivity contribution is -0.285. The summed E-state index contributed by atoms with van der Waals surface area (Å²) in [6, 6.07) is 5.90. The van der Waals surface area contributed by atoms with Gasteiger partial charge in [-0.3, -0.25) is 0 Å². The van der Waals surface area contributed by atoms with E-state index >= 15 is 0 Å². The fourth-order valence-corrected chi connectivity index (χ4v) is 4.04. The SMILES string of the molecule is O=C1OC[C@@H]2O[C@H](O)[C@@H](O)[C@H](O)[C@H]2OC(=O)c2c(-c3ccc(O)c(O)c3)oc3c(O)ccc1c23. The number of phenolic OH excluding ortho intramolecular Hbond substituents is 3.